The Kier molecular flexibility index (Phi) is 6.44. The van der Waals surface area contributed by atoms with Crippen molar-refractivity contribution in [1.82, 2.24) is 0 Å². The van der Waals surface area contributed by atoms with E-state index in [9.17, 15) is 19.4 Å². The maximum absolute atomic E-state index is 13.5. The normalized spacial score (nSPS) is 14.2. The first kappa shape index (κ1) is 16.1. The molecule has 2 atom stereocenters. The molecule has 6 heteroatoms. The summed E-state index contributed by atoms with van der Waals surface area (Å²) in [7, 11) is 0. The van der Waals surface area contributed by atoms with Crippen LogP contribution in [0.5, 0.6) is 0 Å². The lowest BCUT2D eigenvalue weighted by atomic mass is 10.0. The van der Waals surface area contributed by atoms with Gasteiger partial charge in [-0.2, -0.15) is 0 Å². The maximum atomic E-state index is 13.5. The smallest absolute Gasteiger partial charge is 0.185 e. The first-order chi connectivity index (χ1) is 8.95. The van der Waals surface area contributed by atoms with Gasteiger partial charge in [0.15, 0.2) is 5.12 Å². The minimum atomic E-state index is -1.17. The molecule has 0 amide bonds. The van der Waals surface area contributed by atoms with Gasteiger partial charge in [-0.25, -0.2) is 4.39 Å². The van der Waals surface area contributed by atoms with Gasteiger partial charge in [-0.15, -0.1) is 0 Å². The maximum Gasteiger partial charge on any atom is 0.185 e. The van der Waals surface area contributed by atoms with Crippen LogP contribution in [0.3, 0.4) is 0 Å². The Morgan fingerprint density at radius 3 is 2.68 bits per heavy atom. The summed E-state index contributed by atoms with van der Waals surface area (Å²) in [4.78, 5) is 10.7. The van der Waals surface area contributed by atoms with Gasteiger partial charge in [0.1, 0.15) is 11.9 Å². The third kappa shape index (κ3) is 4.91. The lowest BCUT2D eigenvalue weighted by Gasteiger charge is -2.18. The highest BCUT2D eigenvalue weighted by atomic mass is 32.2. The molecular weight excluding hydrogens is 269 g/mol. The van der Waals surface area contributed by atoms with E-state index in [0.717, 1.165) is 11.8 Å². The van der Waals surface area contributed by atoms with Crippen LogP contribution in [-0.2, 0) is 11.3 Å². The highest BCUT2D eigenvalue weighted by Gasteiger charge is 2.19. The van der Waals surface area contributed by atoms with Gasteiger partial charge < -0.3 is 15.9 Å². The average Bonchev–Trinajstić information content (AvgIpc) is 2.37. The Labute approximate surface area is 115 Å². The number of aliphatic hydroxyl groups excluding tert-OH is 2. The zero-order valence-electron chi connectivity index (χ0n) is 10.7. The number of hydrogen-bond donors (Lipinski definition) is 3. The van der Waals surface area contributed by atoms with Crippen molar-refractivity contribution < 1.29 is 19.4 Å². The Hall–Kier alpha value is -0.950. The summed E-state index contributed by atoms with van der Waals surface area (Å²) in [5, 5.41) is 19.6. The fourth-order valence-corrected chi connectivity index (χ4v) is 2.26. The third-order valence-corrected chi connectivity index (χ3v) is 3.57. The van der Waals surface area contributed by atoms with Crippen LogP contribution >= 0.6 is 11.8 Å². The van der Waals surface area contributed by atoms with Crippen LogP contribution < -0.4 is 5.73 Å². The summed E-state index contributed by atoms with van der Waals surface area (Å²) < 4.78 is 13.5. The van der Waals surface area contributed by atoms with E-state index in [1.165, 1.54) is 25.1 Å². The van der Waals surface area contributed by atoms with Crippen molar-refractivity contribution in [2.24, 2.45) is 5.73 Å². The van der Waals surface area contributed by atoms with Gasteiger partial charge >= 0.3 is 0 Å². The molecule has 1 aromatic carbocycles. The quantitative estimate of drug-likeness (QED) is 0.735. The molecule has 19 heavy (non-hydrogen) atoms. The molecular formula is C13H18FNO3S. The minimum absolute atomic E-state index is 0.0416. The number of halogens is 1. The molecule has 0 fully saturated rings. The molecule has 1 rings (SSSR count). The number of thioether (sulfide) groups is 1. The van der Waals surface area contributed by atoms with Gasteiger partial charge in [0.2, 0.25) is 0 Å². The number of benzene rings is 1. The van der Waals surface area contributed by atoms with Crippen LogP contribution in [0.1, 0.15) is 30.6 Å². The largest absolute Gasteiger partial charge is 0.390 e. The number of rotatable bonds is 6. The highest BCUT2D eigenvalue weighted by molar-refractivity contribution is 8.13. The van der Waals surface area contributed by atoms with Crippen LogP contribution in [0.4, 0.5) is 4.39 Å². The van der Waals surface area contributed by atoms with E-state index in [1.807, 2.05) is 0 Å². The number of carbonyl (C=O) groups is 1. The lowest BCUT2D eigenvalue weighted by Crippen LogP contribution is -2.19. The van der Waals surface area contributed by atoms with Gasteiger partial charge in [0, 0.05) is 24.8 Å². The summed E-state index contributed by atoms with van der Waals surface area (Å²) in [5.74, 6) is -0.0823. The molecule has 1 aromatic rings. The molecule has 0 aromatic heterocycles. The van der Waals surface area contributed by atoms with Crippen molar-refractivity contribution in [2.45, 2.75) is 32.1 Å². The monoisotopic (exact) mass is 287 g/mol. The second-order valence-electron chi connectivity index (χ2n) is 4.20. The highest BCUT2D eigenvalue weighted by Crippen LogP contribution is 2.22. The number of aliphatic hydroxyl groups is 2. The minimum Gasteiger partial charge on any atom is -0.390 e. The molecule has 4 N–H and O–H groups in total. The van der Waals surface area contributed by atoms with Gasteiger partial charge in [0.05, 0.1) is 6.10 Å². The van der Waals surface area contributed by atoms with Crippen molar-refractivity contribution in [3.05, 3.63) is 35.1 Å². The van der Waals surface area contributed by atoms with E-state index in [0.29, 0.717) is 16.9 Å². The van der Waals surface area contributed by atoms with E-state index in [4.69, 9.17) is 5.73 Å². The molecule has 0 radical (unpaired) electrons. The van der Waals surface area contributed by atoms with E-state index in [1.54, 1.807) is 0 Å². The zero-order chi connectivity index (χ0) is 14.4. The number of carbonyl (C=O) groups excluding carboxylic acids is 1. The Morgan fingerprint density at radius 1 is 1.47 bits per heavy atom. The van der Waals surface area contributed by atoms with Crippen molar-refractivity contribution >= 4 is 16.9 Å². The van der Waals surface area contributed by atoms with Gasteiger partial charge in [-0.1, -0.05) is 23.9 Å². The molecule has 0 aliphatic rings. The summed E-state index contributed by atoms with van der Waals surface area (Å²) >= 11 is 1.08. The molecule has 0 bridgehead atoms. The molecule has 0 saturated heterocycles. The average molecular weight is 287 g/mol. The third-order valence-electron chi connectivity index (χ3n) is 2.72. The Balaban J connectivity index is 2.63. The van der Waals surface area contributed by atoms with Crippen LogP contribution in [-0.4, -0.2) is 27.2 Å². The van der Waals surface area contributed by atoms with E-state index < -0.39 is 18.0 Å². The lowest BCUT2D eigenvalue weighted by molar-refractivity contribution is -0.109. The van der Waals surface area contributed by atoms with E-state index in [-0.39, 0.29) is 18.1 Å². The SMILES string of the molecule is CC(=O)SCCC(O)C(O)c1ccc(CN)c(F)c1. The topological polar surface area (TPSA) is 83.5 Å². The summed E-state index contributed by atoms with van der Waals surface area (Å²) in [6.45, 7) is 1.52. The van der Waals surface area contributed by atoms with Crippen LogP contribution in [0.15, 0.2) is 18.2 Å². The van der Waals surface area contributed by atoms with E-state index in [2.05, 4.69) is 0 Å². The predicted octanol–water partition coefficient (Wildman–Crippen LogP) is 1.35. The van der Waals surface area contributed by atoms with Gasteiger partial charge in [0.25, 0.3) is 0 Å². The van der Waals surface area contributed by atoms with Crippen molar-refractivity contribution in [3.63, 3.8) is 0 Å². The molecule has 0 spiro atoms. The zero-order valence-corrected chi connectivity index (χ0v) is 11.5. The van der Waals surface area contributed by atoms with E-state index >= 15 is 0 Å². The molecule has 0 heterocycles. The molecule has 4 nitrogen and oxygen atoms in total. The standard InChI is InChI=1S/C13H18FNO3S/c1-8(16)19-5-4-12(17)13(18)9-2-3-10(7-15)11(14)6-9/h2-3,6,12-13,17-18H,4-5,7,15H2,1H3. The molecule has 0 aliphatic carbocycles. The second-order valence-corrected chi connectivity index (χ2v) is 5.47. The van der Waals surface area contributed by atoms with Crippen LogP contribution in [0.2, 0.25) is 0 Å². The Bertz CT molecular complexity index is 442. The van der Waals surface area contributed by atoms with Gasteiger partial charge in [-0.3, -0.25) is 4.79 Å². The second kappa shape index (κ2) is 7.59. The predicted molar refractivity (Wildman–Crippen MR) is 73.0 cm³/mol. The molecule has 106 valence electrons. The molecule has 2 unspecified atom stereocenters. The van der Waals surface area contributed by atoms with Crippen molar-refractivity contribution in [2.75, 3.05) is 5.75 Å². The fourth-order valence-electron chi connectivity index (χ4n) is 1.62. The summed E-state index contributed by atoms with van der Waals surface area (Å²) in [6, 6.07) is 4.20. The molecule has 0 aliphatic heterocycles. The van der Waals surface area contributed by atoms with Crippen LogP contribution in [0, 0.1) is 5.82 Å². The Morgan fingerprint density at radius 2 is 2.16 bits per heavy atom. The first-order valence-electron chi connectivity index (χ1n) is 5.93. The van der Waals surface area contributed by atoms with Crippen LogP contribution in [0.25, 0.3) is 0 Å². The molecule has 0 saturated carbocycles. The first-order valence-corrected chi connectivity index (χ1v) is 6.92. The number of nitrogens with two attached hydrogens (primary N) is 1. The van der Waals surface area contributed by atoms with Crippen molar-refractivity contribution in [1.29, 1.82) is 0 Å². The number of hydrogen-bond acceptors (Lipinski definition) is 5. The summed E-state index contributed by atoms with van der Waals surface area (Å²) in [5.41, 5.74) is 6.00. The fraction of sp³-hybridized carbons (Fsp3) is 0.462. The van der Waals surface area contributed by atoms with Crippen molar-refractivity contribution in [3.8, 4) is 0 Å². The van der Waals surface area contributed by atoms with Gasteiger partial charge in [-0.05, 0) is 18.1 Å². The summed E-state index contributed by atoms with van der Waals surface area (Å²) in [6.07, 6.45) is -1.95.